The van der Waals surface area contributed by atoms with Gasteiger partial charge in [-0.05, 0) is 35.8 Å². The number of hydrogen-bond acceptors (Lipinski definition) is 3. The summed E-state index contributed by atoms with van der Waals surface area (Å²) in [6, 6.07) is 11.5. The van der Waals surface area contributed by atoms with E-state index in [2.05, 4.69) is 31.0 Å². The second kappa shape index (κ2) is 5.29. The molecule has 0 atom stereocenters. The number of H-pyrrole nitrogens is 1. The molecule has 5 nitrogen and oxygen atoms in total. The van der Waals surface area contributed by atoms with E-state index in [0.29, 0.717) is 16.1 Å². The van der Waals surface area contributed by atoms with Gasteiger partial charge in [-0.15, -0.1) is 0 Å². The predicted octanol–water partition coefficient (Wildman–Crippen LogP) is 3.00. The van der Waals surface area contributed by atoms with E-state index >= 15 is 0 Å². The molecule has 0 saturated heterocycles. The van der Waals surface area contributed by atoms with E-state index < -0.39 is 0 Å². The molecule has 0 spiro atoms. The predicted molar refractivity (Wildman–Crippen MR) is 84.6 cm³/mol. The molecule has 3 aromatic rings. The van der Waals surface area contributed by atoms with Crippen molar-refractivity contribution in [1.82, 2.24) is 19.7 Å². The smallest absolute Gasteiger partial charge is 0.286 e. The first-order valence-corrected chi connectivity index (χ1v) is 7.24. The van der Waals surface area contributed by atoms with Gasteiger partial charge in [0.05, 0.1) is 5.69 Å². The summed E-state index contributed by atoms with van der Waals surface area (Å²) in [5, 5.41) is 3.07. The minimum Gasteiger partial charge on any atom is -0.286 e. The van der Waals surface area contributed by atoms with Crippen LogP contribution < -0.4 is 5.56 Å². The molecule has 0 aliphatic heterocycles. The lowest BCUT2D eigenvalue weighted by Crippen LogP contribution is -2.18. The molecule has 106 valence electrons. The zero-order valence-corrected chi connectivity index (χ0v) is 13.2. The summed E-state index contributed by atoms with van der Waals surface area (Å²) in [6.45, 7) is 3.75. The molecule has 2 heterocycles. The Morgan fingerprint density at radius 3 is 2.33 bits per heavy atom. The highest BCUT2D eigenvalue weighted by Gasteiger charge is 2.16. The lowest BCUT2D eigenvalue weighted by molar-refractivity contribution is 0.773. The van der Waals surface area contributed by atoms with Gasteiger partial charge in [0, 0.05) is 17.0 Å². The van der Waals surface area contributed by atoms with Gasteiger partial charge >= 0.3 is 0 Å². The summed E-state index contributed by atoms with van der Waals surface area (Å²) >= 11 is 3.35. The maximum atomic E-state index is 12.4. The average molecular weight is 345 g/mol. The fraction of sp³-hybridized carbons (Fsp3) is 0.133. The third-order valence-electron chi connectivity index (χ3n) is 3.07. The van der Waals surface area contributed by atoms with E-state index in [1.54, 1.807) is 0 Å². The molecule has 0 amide bonds. The molecule has 0 radical (unpaired) electrons. The first kappa shape index (κ1) is 13.8. The van der Waals surface area contributed by atoms with E-state index in [4.69, 9.17) is 0 Å². The number of benzene rings is 1. The quantitative estimate of drug-likeness (QED) is 0.777. The molecular weight excluding hydrogens is 332 g/mol. The number of nitrogens with one attached hydrogen (secondary N) is 1. The van der Waals surface area contributed by atoms with E-state index in [9.17, 15) is 4.79 Å². The van der Waals surface area contributed by atoms with Crippen molar-refractivity contribution in [3.8, 4) is 17.2 Å². The van der Waals surface area contributed by atoms with Gasteiger partial charge in [0.25, 0.3) is 11.5 Å². The van der Waals surface area contributed by atoms with Crippen molar-refractivity contribution < 1.29 is 0 Å². The van der Waals surface area contributed by atoms with Crippen molar-refractivity contribution >= 4 is 15.9 Å². The van der Waals surface area contributed by atoms with E-state index in [-0.39, 0.29) is 5.56 Å². The van der Waals surface area contributed by atoms with Crippen molar-refractivity contribution in [2.45, 2.75) is 13.8 Å². The molecule has 2 aromatic heterocycles. The van der Waals surface area contributed by atoms with Crippen LogP contribution in [0.3, 0.4) is 0 Å². The Kier molecular flexibility index (Phi) is 3.47. The van der Waals surface area contributed by atoms with Crippen molar-refractivity contribution in [2.75, 3.05) is 0 Å². The van der Waals surface area contributed by atoms with E-state index in [1.165, 1.54) is 4.68 Å². The van der Waals surface area contributed by atoms with Gasteiger partial charge in [0.15, 0.2) is 0 Å². The van der Waals surface area contributed by atoms with Crippen LogP contribution in [0.1, 0.15) is 11.4 Å². The highest BCUT2D eigenvalue weighted by atomic mass is 79.9. The normalized spacial score (nSPS) is 10.8. The molecule has 3 rings (SSSR count). The zero-order valence-electron chi connectivity index (χ0n) is 11.6. The molecule has 0 aliphatic carbocycles. The van der Waals surface area contributed by atoms with Gasteiger partial charge < -0.3 is 0 Å². The summed E-state index contributed by atoms with van der Waals surface area (Å²) in [7, 11) is 0. The zero-order chi connectivity index (χ0) is 15.0. The van der Waals surface area contributed by atoms with Crippen LogP contribution in [-0.2, 0) is 0 Å². The van der Waals surface area contributed by atoms with E-state index in [0.717, 1.165) is 17.0 Å². The van der Waals surface area contributed by atoms with Crippen LogP contribution in [0.2, 0.25) is 0 Å². The van der Waals surface area contributed by atoms with Crippen LogP contribution in [0, 0.1) is 13.8 Å². The number of aromatic nitrogens is 4. The first-order valence-electron chi connectivity index (χ1n) is 6.45. The summed E-state index contributed by atoms with van der Waals surface area (Å²) in [6.07, 6.45) is 0. The molecule has 0 bridgehead atoms. The molecule has 0 unspecified atom stereocenters. The Morgan fingerprint density at radius 1 is 1.10 bits per heavy atom. The fourth-order valence-electron chi connectivity index (χ4n) is 2.16. The molecule has 21 heavy (non-hydrogen) atoms. The largest absolute Gasteiger partial charge is 0.288 e. The highest BCUT2D eigenvalue weighted by Crippen LogP contribution is 2.23. The second-order valence-corrected chi connectivity index (χ2v) is 5.55. The molecule has 1 aromatic carbocycles. The van der Waals surface area contributed by atoms with E-state index in [1.807, 2.05) is 50.2 Å². The first-order chi connectivity index (χ1) is 10.1. The van der Waals surface area contributed by atoms with Crippen LogP contribution >= 0.6 is 15.9 Å². The average Bonchev–Trinajstić information content (AvgIpc) is 2.75. The van der Waals surface area contributed by atoms with Crippen molar-refractivity contribution in [1.29, 1.82) is 0 Å². The molecule has 0 fully saturated rings. The van der Waals surface area contributed by atoms with Crippen LogP contribution in [0.4, 0.5) is 0 Å². The standard InChI is InChI=1S/C15H13BrN4O/c1-9-8-10(2)18-15(17-9)20-14(21)12(16)13(19-20)11-6-4-3-5-7-11/h3-8,19H,1-2H3. The van der Waals surface area contributed by atoms with Crippen molar-refractivity contribution in [3.63, 3.8) is 0 Å². The molecule has 0 saturated carbocycles. The summed E-state index contributed by atoms with van der Waals surface area (Å²) in [5.41, 5.74) is 3.06. The van der Waals surface area contributed by atoms with Gasteiger partial charge in [-0.1, -0.05) is 30.3 Å². The number of aryl methyl sites for hydroxylation is 2. The number of halogens is 1. The minimum absolute atomic E-state index is 0.209. The Balaban J connectivity index is 2.20. The van der Waals surface area contributed by atoms with Gasteiger partial charge in [-0.3, -0.25) is 9.89 Å². The lowest BCUT2D eigenvalue weighted by atomic mass is 10.2. The third-order valence-corrected chi connectivity index (χ3v) is 3.80. The Hall–Kier alpha value is -2.21. The van der Waals surface area contributed by atoms with Crippen LogP contribution in [0.15, 0.2) is 45.7 Å². The third kappa shape index (κ3) is 2.54. The molecule has 0 aliphatic rings. The maximum absolute atomic E-state index is 12.4. The summed E-state index contributed by atoms with van der Waals surface area (Å²) in [5.74, 6) is 0.348. The number of nitrogens with zero attached hydrogens (tertiary/aromatic N) is 3. The summed E-state index contributed by atoms with van der Waals surface area (Å²) in [4.78, 5) is 21.0. The maximum Gasteiger partial charge on any atom is 0.288 e. The topological polar surface area (TPSA) is 63.6 Å². The summed E-state index contributed by atoms with van der Waals surface area (Å²) < 4.78 is 1.82. The molecular formula is C15H13BrN4O. The van der Waals surface area contributed by atoms with Gasteiger partial charge in [-0.25, -0.2) is 9.97 Å². The fourth-order valence-corrected chi connectivity index (χ4v) is 2.66. The number of rotatable bonds is 2. The molecule has 6 heteroatoms. The van der Waals surface area contributed by atoms with Crippen molar-refractivity contribution in [3.05, 3.63) is 62.6 Å². The van der Waals surface area contributed by atoms with Crippen LogP contribution in [0.25, 0.3) is 17.2 Å². The van der Waals surface area contributed by atoms with Crippen molar-refractivity contribution in [2.24, 2.45) is 0 Å². The Labute approximate surface area is 129 Å². The Morgan fingerprint density at radius 2 is 1.71 bits per heavy atom. The highest BCUT2D eigenvalue weighted by molar-refractivity contribution is 9.10. The van der Waals surface area contributed by atoms with Crippen LogP contribution in [-0.4, -0.2) is 19.7 Å². The molecule has 1 N–H and O–H groups in total. The van der Waals surface area contributed by atoms with Gasteiger partial charge in [0.2, 0.25) is 0 Å². The van der Waals surface area contributed by atoms with Gasteiger partial charge in [-0.2, -0.15) is 4.68 Å². The SMILES string of the molecule is Cc1cc(C)nc(-n2[nH]c(-c3ccccc3)c(Br)c2=O)n1. The van der Waals surface area contributed by atoms with Crippen LogP contribution in [0.5, 0.6) is 0 Å². The minimum atomic E-state index is -0.209. The second-order valence-electron chi connectivity index (χ2n) is 4.76. The monoisotopic (exact) mass is 344 g/mol. The number of hydrogen-bond donors (Lipinski definition) is 1. The van der Waals surface area contributed by atoms with Gasteiger partial charge in [0.1, 0.15) is 4.47 Å². The Bertz CT molecular complexity index is 832. The lowest BCUT2D eigenvalue weighted by Gasteiger charge is -2.03. The number of aromatic amines is 1.